The molecule has 0 bridgehead atoms. The van der Waals surface area contributed by atoms with Gasteiger partial charge in [-0.3, -0.25) is 9.78 Å². The van der Waals surface area contributed by atoms with Crippen molar-refractivity contribution in [1.29, 1.82) is 0 Å². The Morgan fingerprint density at radius 2 is 2.00 bits per heavy atom. The van der Waals surface area contributed by atoms with Crippen LogP contribution in [0.3, 0.4) is 0 Å². The lowest BCUT2D eigenvalue weighted by molar-refractivity contribution is 0.102. The average Bonchev–Trinajstić information content (AvgIpc) is 3.41. The SMILES string of the molecule is CCCS(=O)(=O)N1Cc2cnc(C(=O)Nc3cccc(-c4nnnn4C(C)C)n3)cc2C1. The zero-order chi connectivity index (χ0) is 22.9. The maximum atomic E-state index is 12.8. The minimum Gasteiger partial charge on any atom is -0.305 e. The fourth-order valence-corrected chi connectivity index (χ4v) is 4.92. The standard InChI is InChI=1S/C20H24N8O3S/c1-4-8-32(30,31)27-11-14-9-17(21-10-15(14)12-27)20(29)23-18-7-5-6-16(22-18)19-24-25-26-28(19)13(2)3/h5-7,9-10,13H,4,8,11-12H2,1-3H3,(H,22,23,29). The van der Waals surface area contributed by atoms with Gasteiger partial charge in [-0.05, 0) is 60.0 Å². The number of hydrogen-bond donors (Lipinski definition) is 1. The van der Waals surface area contributed by atoms with Crippen molar-refractivity contribution >= 4 is 21.7 Å². The summed E-state index contributed by atoms with van der Waals surface area (Å²) in [7, 11) is -3.32. The monoisotopic (exact) mass is 456 g/mol. The molecule has 11 nitrogen and oxygen atoms in total. The Labute approximate surface area is 185 Å². The zero-order valence-electron chi connectivity index (χ0n) is 18.1. The van der Waals surface area contributed by atoms with Crippen molar-refractivity contribution in [2.75, 3.05) is 11.1 Å². The molecule has 0 spiro atoms. The van der Waals surface area contributed by atoms with Gasteiger partial charge in [0, 0.05) is 19.3 Å². The van der Waals surface area contributed by atoms with Crippen LogP contribution in [0, 0.1) is 0 Å². The summed E-state index contributed by atoms with van der Waals surface area (Å²) in [4.78, 5) is 21.4. The first-order valence-electron chi connectivity index (χ1n) is 10.3. The third-order valence-electron chi connectivity index (χ3n) is 5.07. The first-order chi connectivity index (χ1) is 15.3. The number of sulfonamides is 1. The summed E-state index contributed by atoms with van der Waals surface area (Å²) in [6.07, 6.45) is 2.11. The molecule has 3 aromatic heterocycles. The third-order valence-corrected chi connectivity index (χ3v) is 7.04. The summed E-state index contributed by atoms with van der Waals surface area (Å²) < 4.78 is 27.8. The van der Waals surface area contributed by atoms with Crippen LogP contribution < -0.4 is 5.32 Å². The Hall–Kier alpha value is -3.25. The van der Waals surface area contributed by atoms with E-state index in [1.165, 1.54) is 4.31 Å². The maximum absolute atomic E-state index is 12.8. The number of hydrogen-bond acceptors (Lipinski definition) is 8. The van der Waals surface area contributed by atoms with Gasteiger partial charge in [-0.15, -0.1) is 5.10 Å². The molecule has 0 atom stereocenters. The van der Waals surface area contributed by atoms with Crippen LogP contribution in [0.5, 0.6) is 0 Å². The van der Waals surface area contributed by atoms with Crippen LogP contribution in [-0.2, 0) is 23.1 Å². The summed E-state index contributed by atoms with van der Waals surface area (Å²) in [6.45, 7) is 6.27. The smallest absolute Gasteiger partial charge is 0.275 e. The Morgan fingerprint density at radius 1 is 1.22 bits per heavy atom. The van der Waals surface area contributed by atoms with Gasteiger partial charge in [0.2, 0.25) is 15.8 Å². The maximum Gasteiger partial charge on any atom is 0.275 e. The van der Waals surface area contributed by atoms with Crippen molar-refractivity contribution in [2.24, 2.45) is 0 Å². The Kier molecular flexibility index (Phi) is 5.98. The van der Waals surface area contributed by atoms with Crippen LogP contribution in [0.2, 0.25) is 0 Å². The second-order valence-electron chi connectivity index (χ2n) is 7.83. The number of nitrogens with zero attached hydrogens (tertiary/aromatic N) is 7. The molecule has 0 fully saturated rings. The summed E-state index contributed by atoms with van der Waals surface area (Å²) >= 11 is 0. The van der Waals surface area contributed by atoms with Gasteiger partial charge >= 0.3 is 0 Å². The highest BCUT2D eigenvalue weighted by molar-refractivity contribution is 7.89. The molecule has 0 saturated heterocycles. The van der Waals surface area contributed by atoms with E-state index in [-0.39, 0.29) is 30.6 Å². The molecule has 1 amide bonds. The van der Waals surface area contributed by atoms with E-state index in [1.807, 2.05) is 20.8 Å². The molecule has 1 N–H and O–H groups in total. The summed E-state index contributed by atoms with van der Waals surface area (Å²) in [6, 6.07) is 6.87. The molecular weight excluding hydrogens is 432 g/mol. The van der Waals surface area contributed by atoms with Crippen molar-refractivity contribution in [3.05, 3.63) is 47.3 Å². The number of aromatic nitrogens is 6. The molecule has 0 unspecified atom stereocenters. The number of tetrazole rings is 1. The van der Waals surface area contributed by atoms with E-state index >= 15 is 0 Å². The van der Waals surface area contributed by atoms with Gasteiger partial charge in [0.05, 0.1) is 11.8 Å². The molecule has 4 heterocycles. The summed E-state index contributed by atoms with van der Waals surface area (Å²) in [5, 5.41) is 14.4. The fraction of sp³-hybridized carbons (Fsp3) is 0.400. The third kappa shape index (κ3) is 4.36. The molecule has 32 heavy (non-hydrogen) atoms. The fourth-order valence-electron chi connectivity index (χ4n) is 3.48. The van der Waals surface area contributed by atoms with Crippen LogP contribution in [0.4, 0.5) is 5.82 Å². The van der Waals surface area contributed by atoms with Crippen LogP contribution in [0.25, 0.3) is 11.5 Å². The molecule has 0 saturated carbocycles. The molecule has 12 heteroatoms. The highest BCUT2D eigenvalue weighted by atomic mass is 32.2. The first kappa shape index (κ1) is 22.0. The largest absolute Gasteiger partial charge is 0.305 e. The van der Waals surface area contributed by atoms with Gasteiger partial charge in [-0.25, -0.2) is 18.1 Å². The number of rotatable bonds is 7. The second-order valence-corrected chi connectivity index (χ2v) is 9.91. The van der Waals surface area contributed by atoms with Crippen LogP contribution in [-0.4, -0.2) is 54.6 Å². The van der Waals surface area contributed by atoms with Crippen LogP contribution in [0.1, 0.15) is 54.8 Å². The molecule has 168 valence electrons. The first-order valence-corrected chi connectivity index (χ1v) is 11.9. The lowest BCUT2D eigenvalue weighted by Gasteiger charge is -2.14. The summed E-state index contributed by atoms with van der Waals surface area (Å²) in [5.74, 6) is 0.500. The number of anilines is 1. The van der Waals surface area contributed by atoms with E-state index in [9.17, 15) is 13.2 Å². The molecular formula is C20H24N8O3S. The lowest BCUT2D eigenvalue weighted by atomic mass is 10.1. The van der Waals surface area contributed by atoms with Gasteiger partial charge in [0.1, 0.15) is 17.2 Å². The quantitative estimate of drug-likeness (QED) is 0.570. The Bertz CT molecular complexity index is 1260. The van der Waals surface area contributed by atoms with Gasteiger partial charge < -0.3 is 5.32 Å². The molecule has 0 aliphatic carbocycles. The minimum absolute atomic E-state index is 0.0522. The van der Waals surface area contributed by atoms with Gasteiger partial charge in [-0.2, -0.15) is 4.31 Å². The minimum atomic E-state index is -3.32. The normalized spacial score (nSPS) is 14.0. The van der Waals surface area contributed by atoms with Crippen molar-refractivity contribution in [2.45, 2.75) is 46.3 Å². The van der Waals surface area contributed by atoms with Crippen molar-refractivity contribution in [3.63, 3.8) is 0 Å². The van der Waals surface area contributed by atoms with Gasteiger partial charge in [0.15, 0.2) is 0 Å². The highest BCUT2D eigenvalue weighted by Crippen LogP contribution is 2.26. The summed E-state index contributed by atoms with van der Waals surface area (Å²) in [5.41, 5.74) is 2.31. The van der Waals surface area contributed by atoms with Crippen molar-refractivity contribution in [3.8, 4) is 11.5 Å². The van der Waals surface area contributed by atoms with E-state index in [2.05, 4.69) is 30.8 Å². The number of carbonyl (C=O) groups excluding carboxylic acids is 1. The van der Waals surface area contributed by atoms with E-state index < -0.39 is 15.9 Å². The zero-order valence-corrected chi connectivity index (χ0v) is 18.9. The number of fused-ring (bicyclic) bond motifs is 1. The van der Waals surface area contributed by atoms with E-state index in [4.69, 9.17) is 0 Å². The van der Waals surface area contributed by atoms with Crippen molar-refractivity contribution < 1.29 is 13.2 Å². The molecule has 0 aromatic carbocycles. The number of pyridine rings is 2. The average molecular weight is 457 g/mol. The number of nitrogens with one attached hydrogen (secondary N) is 1. The van der Waals surface area contributed by atoms with Crippen molar-refractivity contribution in [1.82, 2.24) is 34.5 Å². The second kappa shape index (κ2) is 8.71. The predicted molar refractivity (Wildman–Crippen MR) is 117 cm³/mol. The predicted octanol–water partition coefficient (Wildman–Crippen LogP) is 2.02. The number of amides is 1. The topological polar surface area (TPSA) is 136 Å². The molecule has 3 aromatic rings. The Balaban J connectivity index is 1.51. The number of carbonyl (C=O) groups is 1. The highest BCUT2D eigenvalue weighted by Gasteiger charge is 2.29. The van der Waals surface area contributed by atoms with Gasteiger partial charge in [0.25, 0.3) is 5.91 Å². The van der Waals surface area contributed by atoms with Gasteiger partial charge in [-0.1, -0.05) is 13.0 Å². The Morgan fingerprint density at radius 3 is 2.75 bits per heavy atom. The molecule has 1 aliphatic heterocycles. The van der Waals surface area contributed by atoms with E-state index in [0.717, 1.165) is 11.1 Å². The molecule has 1 aliphatic rings. The molecule has 4 rings (SSSR count). The van der Waals surface area contributed by atoms with Crippen LogP contribution >= 0.6 is 0 Å². The van der Waals surface area contributed by atoms with Crippen LogP contribution in [0.15, 0.2) is 30.5 Å². The van der Waals surface area contributed by atoms with E-state index in [0.29, 0.717) is 23.8 Å². The van der Waals surface area contributed by atoms with E-state index in [1.54, 1.807) is 35.1 Å². The molecule has 0 radical (unpaired) electrons. The lowest BCUT2D eigenvalue weighted by Crippen LogP contribution is -2.27.